The largest absolute Gasteiger partial charge is 0.505 e. The van der Waals surface area contributed by atoms with Crippen LogP contribution in [0.3, 0.4) is 0 Å². The molecule has 1 aliphatic heterocycles. The average molecular weight is 331 g/mol. The van der Waals surface area contributed by atoms with E-state index in [1.165, 1.54) is 10.5 Å². The Morgan fingerprint density at radius 1 is 1.39 bits per heavy atom. The van der Waals surface area contributed by atoms with E-state index in [2.05, 4.69) is 36.2 Å². The Hall–Kier alpha value is -1.51. The van der Waals surface area contributed by atoms with Crippen LogP contribution in [0.5, 0.6) is 0 Å². The van der Waals surface area contributed by atoms with E-state index in [1.54, 1.807) is 11.8 Å². The van der Waals surface area contributed by atoms with E-state index in [4.69, 9.17) is 10.1 Å². The van der Waals surface area contributed by atoms with Crippen molar-refractivity contribution in [2.45, 2.75) is 61.4 Å². The molecule has 0 amide bonds. The summed E-state index contributed by atoms with van der Waals surface area (Å²) in [4.78, 5) is 4.15. The minimum Gasteiger partial charge on any atom is -0.505 e. The topological polar surface area (TPSA) is 57.6 Å². The number of aliphatic hydroxyl groups is 1. The van der Waals surface area contributed by atoms with Crippen molar-refractivity contribution in [3.63, 3.8) is 0 Å². The first-order chi connectivity index (χ1) is 11.1. The molecule has 3 rings (SSSR count). The second-order valence-electron chi connectivity index (χ2n) is 6.62. The Morgan fingerprint density at radius 2 is 2.17 bits per heavy atom. The SMILES string of the molecule is Cc1ccc(S[C@H]2CC[C@H]3CCC[C@@]3(C/C(O)=C/[N+]#N)O2)cc1. The molecule has 23 heavy (non-hydrogen) atoms. The summed E-state index contributed by atoms with van der Waals surface area (Å²) in [7, 11) is 0. The Morgan fingerprint density at radius 3 is 2.91 bits per heavy atom. The molecule has 0 aromatic heterocycles. The first kappa shape index (κ1) is 16.4. The number of fused-ring (bicyclic) bond motifs is 1. The fourth-order valence-electron chi connectivity index (χ4n) is 3.88. The van der Waals surface area contributed by atoms with Crippen LogP contribution in [-0.2, 0) is 4.74 Å². The number of thioether (sulfide) groups is 1. The maximum absolute atomic E-state index is 9.97. The van der Waals surface area contributed by atoms with E-state index >= 15 is 0 Å². The number of diazo groups is 1. The van der Waals surface area contributed by atoms with Crippen LogP contribution in [0.15, 0.2) is 41.1 Å². The third-order valence-electron chi connectivity index (χ3n) is 4.99. The molecular weight excluding hydrogens is 308 g/mol. The maximum Gasteiger partial charge on any atom is 0.387 e. The zero-order valence-electron chi connectivity index (χ0n) is 13.4. The molecule has 3 atom stereocenters. The summed E-state index contributed by atoms with van der Waals surface area (Å²) >= 11 is 1.77. The van der Waals surface area contributed by atoms with Crippen LogP contribution in [0.2, 0.25) is 0 Å². The summed E-state index contributed by atoms with van der Waals surface area (Å²) in [5, 5.41) is 18.6. The van der Waals surface area contributed by atoms with Crippen LogP contribution >= 0.6 is 11.8 Å². The highest BCUT2D eigenvalue weighted by Crippen LogP contribution is 2.51. The minimum atomic E-state index is -0.300. The van der Waals surface area contributed by atoms with Crippen LogP contribution in [0.1, 0.15) is 44.1 Å². The number of nitrogens with zero attached hydrogens (tertiary/aromatic N) is 2. The zero-order chi connectivity index (χ0) is 16.3. The third kappa shape index (κ3) is 3.70. The van der Waals surface area contributed by atoms with Gasteiger partial charge in [-0.2, -0.15) is 0 Å². The molecule has 1 aromatic carbocycles. The molecular formula is C18H23N2O2S+. The van der Waals surface area contributed by atoms with Crippen LogP contribution in [0.25, 0.3) is 4.98 Å². The fraction of sp³-hybridized carbons (Fsp3) is 0.556. The van der Waals surface area contributed by atoms with Gasteiger partial charge in [-0.3, -0.25) is 0 Å². The molecule has 0 radical (unpaired) electrons. The van der Waals surface area contributed by atoms with Gasteiger partial charge in [-0.05, 0) is 50.7 Å². The number of hydrogen-bond donors (Lipinski definition) is 1. The molecule has 1 aromatic rings. The molecule has 1 heterocycles. The van der Waals surface area contributed by atoms with Crippen molar-refractivity contribution in [2.75, 3.05) is 0 Å². The molecule has 0 unspecified atom stereocenters. The summed E-state index contributed by atoms with van der Waals surface area (Å²) in [5.41, 5.74) is 1.08. The monoisotopic (exact) mass is 331 g/mol. The van der Waals surface area contributed by atoms with Crippen molar-refractivity contribution < 1.29 is 9.84 Å². The molecule has 2 aliphatic rings. The standard InChI is InChI=1S/C18H22N2O2S/c1-13-4-7-16(8-5-13)23-17-9-6-14-3-2-10-18(14,22-17)11-15(21)12-20-19/h4-5,7-8,12,14,17H,2-3,6,9-11H2,1H3/p+1/b15-12-/t14-,17+,18+/m1/s1. The van der Waals surface area contributed by atoms with Crippen molar-refractivity contribution in [3.05, 3.63) is 46.8 Å². The first-order valence-corrected chi connectivity index (χ1v) is 9.13. The highest BCUT2D eigenvalue weighted by Gasteiger charge is 2.49. The number of aryl methyl sites for hydroxylation is 1. The van der Waals surface area contributed by atoms with Crippen molar-refractivity contribution >= 4 is 11.8 Å². The average Bonchev–Trinajstić information content (AvgIpc) is 2.92. The maximum atomic E-state index is 9.97. The molecule has 1 saturated heterocycles. The quantitative estimate of drug-likeness (QED) is 0.592. The van der Waals surface area contributed by atoms with E-state index in [-0.39, 0.29) is 16.8 Å². The van der Waals surface area contributed by atoms with Gasteiger partial charge in [0.05, 0.1) is 5.60 Å². The number of ether oxygens (including phenoxy) is 1. The van der Waals surface area contributed by atoms with Crippen LogP contribution in [0.4, 0.5) is 0 Å². The van der Waals surface area contributed by atoms with Gasteiger partial charge in [-0.1, -0.05) is 35.9 Å². The van der Waals surface area contributed by atoms with E-state index < -0.39 is 0 Å². The Bertz CT molecular complexity index is 623. The van der Waals surface area contributed by atoms with E-state index in [0.717, 1.165) is 38.3 Å². The lowest BCUT2D eigenvalue weighted by Crippen LogP contribution is -2.44. The Balaban J connectivity index is 1.72. The normalized spacial score (nSPS) is 30.7. The highest BCUT2D eigenvalue weighted by atomic mass is 32.2. The summed E-state index contributed by atoms with van der Waals surface area (Å²) in [5.74, 6) is 0.590. The smallest absolute Gasteiger partial charge is 0.387 e. The van der Waals surface area contributed by atoms with Gasteiger partial charge in [-0.25, -0.2) is 0 Å². The Labute approximate surface area is 141 Å². The first-order valence-electron chi connectivity index (χ1n) is 8.25. The van der Waals surface area contributed by atoms with Gasteiger partial charge >= 0.3 is 6.20 Å². The van der Waals surface area contributed by atoms with E-state index in [9.17, 15) is 5.11 Å². The third-order valence-corrected chi connectivity index (χ3v) is 6.13. The lowest BCUT2D eigenvalue weighted by molar-refractivity contribution is -0.121. The van der Waals surface area contributed by atoms with Gasteiger partial charge in [0.25, 0.3) is 0 Å². The molecule has 4 nitrogen and oxygen atoms in total. The molecule has 5 heteroatoms. The van der Waals surface area contributed by atoms with Crippen LogP contribution in [-0.4, -0.2) is 16.1 Å². The van der Waals surface area contributed by atoms with Gasteiger partial charge in [0, 0.05) is 11.3 Å². The van der Waals surface area contributed by atoms with Gasteiger partial charge in [0.1, 0.15) is 5.44 Å². The second-order valence-corrected chi connectivity index (χ2v) is 7.86. The number of rotatable bonds is 4. The van der Waals surface area contributed by atoms with Crippen molar-refractivity contribution in [1.82, 2.24) is 0 Å². The predicted octanol–water partition coefficient (Wildman–Crippen LogP) is 5.41. The van der Waals surface area contributed by atoms with Crippen LogP contribution in [0, 0.1) is 18.2 Å². The van der Waals surface area contributed by atoms with Crippen molar-refractivity contribution in [2.24, 2.45) is 5.92 Å². The fourth-order valence-corrected chi connectivity index (χ4v) is 4.97. The molecule has 0 bridgehead atoms. The van der Waals surface area contributed by atoms with E-state index in [1.807, 2.05) is 0 Å². The van der Waals surface area contributed by atoms with Gasteiger partial charge in [0.2, 0.25) is 5.39 Å². The van der Waals surface area contributed by atoms with Gasteiger partial charge < -0.3 is 9.84 Å². The molecule has 1 N–H and O–H groups in total. The zero-order valence-corrected chi connectivity index (χ0v) is 14.3. The summed E-state index contributed by atoms with van der Waals surface area (Å²) < 4.78 is 6.49. The highest BCUT2D eigenvalue weighted by molar-refractivity contribution is 7.99. The van der Waals surface area contributed by atoms with Crippen molar-refractivity contribution in [3.8, 4) is 0 Å². The van der Waals surface area contributed by atoms with Gasteiger partial charge in [0.15, 0.2) is 10.7 Å². The Kier molecular flexibility index (Phi) is 4.93. The molecule has 0 spiro atoms. The number of hydrogen-bond acceptors (Lipinski definition) is 4. The minimum absolute atomic E-state index is 0.0976. The number of benzene rings is 1. The second kappa shape index (κ2) is 6.94. The lowest BCUT2D eigenvalue weighted by atomic mass is 9.82. The molecule has 1 saturated carbocycles. The number of aliphatic hydroxyl groups excluding tert-OH is 1. The van der Waals surface area contributed by atoms with Crippen molar-refractivity contribution in [1.29, 1.82) is 5.39 Å². The molecule has 122 valence electrons. The summed E-state index contributed by atoms with van der Waals surface area (Å²) in [6.45, 7) is 2.09. The van der Waals surface area contributed by atoms with Gasteiger partial charge in [-0.15, -0.1) is 0 Å². The van der Waals surface area contributed by atoms with E-state index in [0.29, 0.717) is 12.3 Å². The molecule has 1 aliphatic carbocycles. The lowest BCUT2D eigenvalue weighted by Gasteiger charge is -2.43. The predicted molar refractivity (Wildman–Crippen MR) is 91.6 cm³/mol. The molecule has 2 fully saturated rings. The summed E-state index contributed by atoms with van der Waals surface area (Å²) in [6.07, 6.45) is 6.98. The van der Waals surface area contributed by atoms with Crippen LogP contribution < -0.4 is 0 Å². The summed E-state index contributed by atoms with van der Waals surface area (Å²) in [6, 6.07) is 8.52.